The van der Waals surface area contributed by atoms with Crippen molar-refractivity contribution in [2.75, 3.05) is 0 Å². The summed E-state index contributed by atoms with van der Waals surface area (Å²) >= 11 is 0. The van der Waals surface area contributed by atoms with Crippen molar-refractivity contribution < 1.29 is 64.6 Å². The SMILES string of the molecule is CC.Cn1[c-]c(C(N)=N[CH-]C(F)(F)F)nc1.[CH3-].[K+]. The zero-order valence-corrected chi connectivity index (χ0v) is 14.3. The first kappa shape index (κ1) is 23.1. The zero-order valence-electron chi connectivity index (χ0n) is 11.2. The minimum atomic E-state index is -4.47. The molecule has 8 heteroatoms. The van der Waals surface area contributed by atoms with E-state index >= 15 is 0 Å². The van der Waals surface area contributed by atoms with Gasteiger partial charge in [0.1, 0.15) is 0 Å². The second-order valence-electron chi connectivity index (χ2n) is 2.50. The van der Waals surface area contributed by atoms with E-state index in [0.717, 1.165) is 0 Å². The molecule has 0 radical (unpaired) electrons. The third kappa shape index (κ3) is 9.95. The van der Waals surface area contributed by atoms with Crippen LogP contribution in [0, 0.1) is 20.2 Å². The summed E-state index contributed by atoms with van der Waals surface area (Å²) in [6.07, 6.45) is -0.532. The molecule has 0 saturated heterocycles. The van der Waals surface area contributed by atoms with Gasteiger partial charge in [-0.1, -0.05) is 20.0 Å². The zero-order chi connectivity index (χ0) is 12.8. The number of alkyl halides is 3. The van der Waals surface area contributed by atoms with Crippen LogP contribution < -0.4 is 57.1 Å². The van der Waals surface area contributed by atoms with Crippen LogP contribution in [0.5, 0.6) is 0 Å². The Morgan fingerprint density at radius 2 is 2.00 bits per heavy atom. The molecule has 0 atom stereocenters. The van der Waals surface area contributed by atoms with E-state index in [1.165, 1.54) is 10.9 Å². The fourth-order valence-corrected chi connectivity index (χ4v) is 0.696. The number of nitrogens with two attached hydrogens (primary N) is 1. The summed E-state index contributed by atoms with van der Waals surface area (Å²) < 4.78 is 36.5. The summed E-state index contributed by atoms with van der Waals surface area (Å²) in [5.41, 5.74) is 5.32. The molecular formula is C10H16F3KN4-2. The van der Waals surface area contributed by atoms with Crippen molar-refractivity contribution in [3.63, 3.8) is 0 Å². The molecule has 0 aromatic carbocycles. The molecule has 0 spiro atoms. The van der Waals surface area contributed by atoms with Crippen LogP contribution in [0.1, 0.15) is 19.5 Å². The number of rotatable bonds is 2. The van der Waals surface area contributed by atoms with Crippen LogP contribution in [0.4, 0.5) is 13.2 Å². The molecule has 0 amide bonds. The predicted octanol–water partition coefficient (Wildman–Crippen LogP) is -0.870. The summed E-state index contributed by atoms with van der Waals surface area (Å²) in [6, 6.07) is 0. The molecule has 1 aromatic rings. The van der Waals surface area contributed by atoms with E-state index in [1.54, 1.807) is 7.05 Å². The first-order valence-corrected chi connectivity index (χ1v) is 4.54. The Bertz CT molecular complexity index is 347. The quantitative estimate of drug-likeness (QED) is 0.333. The molecule has 0 saturated carbocycles. The van der Waals surface area contributed by atoms with E-state index in [-0.39, 0.29) is 76.9 Å². The molecule has 2 N–H and O–H groups in total. The van der Waals surface area contributed by atoms with Crippen molar-refractivity contribution in [3.05, 3.63) is 32.2 Å². The maximum absolute atomic E-state index is 11.7. The van der Waals surface area contributed by atoms with Gasteiger partial charge in [0.2, 0.25) is 0 Å². The monoisotopic (exact) mass is 288 g/mol. The molecule has 1 heterocycles. The number of imidazole rings is 1. The smallest absolute Gasteiger partial charge is 0.459 e. The van der Waals surface area contributed by atoms with Crippen LogP contribution in [0.2, 0.25) is 0 Å². The van der Waals surface area contributed by atoms with Gasteiger partial charge < -0.3 is 27.7 Å². The largest absolute Gasteiger partial charge is 1.00 e. The van der Waals surface area contributed by atoms with E-state index in [0.29, 0.717) is 0 Å². The van der Waals surface area contributed by atoms with Crippen LogP contribution in [-0.4, -0.2) is 21.6 Å². The van der Waals surface area contributed by atoms with Gasteiger partial charge in [-0.25, -0.2) is 0 Å². The van der Waals surface area contributed by atoms with Crippen molar-refractivity contribution in [2.45, 2.75) is 20.0 Å². The fraction of sp³-hybridized carbons (Fsp3) is 0.400. The molecule has 0 fully saturated rings. The van der Waals surface area contributed by atoms with Gasteiger partial charge in [0.05, 0.1) is 0 Å². The number of halogens is 3. The molecule has 4 nitrogen and oxygen atoms in total. The molecule has 1 aromatic heterocycles. The molecular weight excluding hydrogens is 272 g/mol. The third-order valence-electron chi connectivity index (χ3n) is 1.23. The van der Waals surface area contributed by atoms with Crippen molar-refractivity contribution in [2.24, 2.45) is 17.8 Å². The van der Waals surface area contributed by atoms with Gasteiger partial charge in [-0.15, -0.1) is 0 Å². The number of amidine groups is 1. The Kier molecular flexibility index (Phi) is 13.9. The van der Waals surface area contributed by atoms with Gasteiger partial charge in [0.15, 0.2) is 0 Å². The molecule has 18 heavy (non-hydrogen) atoms. The molecule has 0 aliphatic heterocycles. The van der Waals surface area contributed by atoms with Gasteiger partial charge in [0.25, 0.3) is 0 Å². The summed E-state index contributed by atoms with van der Waals surface area (Å²) in [5.74, 6) is -0.317. The Balaban J connectivity index is -0.000000534. The summed E-state index contributed by atoms with van der Waals surface area (Å²) in [5, 5.41) is 0. The van der Waals surface area contributed by atoms with Crippen LogP contribution >= 0.6 is 0 Å². The number of nitrogens with zero attached hydrogens (tertiary/aromatic N) is 3. The maximum atomic E-state index is 11.7. The van der Waals surface area contributed by atoms with Crippen molar-refractivity contribution in [3.8, 4) is 0 Å². The molecule has 0 aliphatic carbocycles. The number of aromatic nitrogens is 2. The van der Waals surface area contributed by atoms with E-state index in [1.807, 2.05) is 13.8 Å². The van der Waals surface area contributed by atoms with Gasteiger partial charge in [0, 0.05) is 0 Å². The van der Waals surface area contributed by atoms with E-state index in [4.69, 9.17) is 5.73 Å². The standard InChI is InChI=1S/C7H7F3N4.C2H6.CH3.K/c1-14-2-5(13-4-14)6(11)12-3-7(8,9)10;1-2;;/h3-4H,1H3,(H2,11,12);1-2H3;1H3;/q-2;;-1;+1. The van der Waals surface area contributed by atoms with Gasteiger partial charge in [-0.2, -0.15) is 13.2 Å². The number of aryl methyl sites for hydroxylation is 1. The number of hydrogen-bond donors (Lipinski definition) is 1. The van der Waals surface area contributed by atoms with Gasteiger partial charge >= 0.3 is 57.6 Å². The molecule has 0 bridgehead atoms. The first-order valence-electron chi connectivity index (χ1n) is 4.54. The summed E-state index contributed by atoms with van der Waals surface area (Å²) in [7, 11) is 1.62. The Morgan fingerprint density at radius 1 is 1.50 bits per heavy atom. The predicted molar refractivity (Wildman–Crippen MR) is 60.9 cm³/mol. The van der Waals surface area contributed by atoms with E-state index in [9.17, 15) is 13.2 Å². The number of aliphatic imine (C=N–C) groups is 1. The topological polar surface area (TPSA) is 56.2 Å². The fourth-order valence-electron chi connectivity index (χ4n) is 0.696. The van der Waals surface area contributed by atoms with Crippen LogP contribution in [0.25, 0.3) is 0 Å². The second-order valence-corrected chi connectivity index (χ2v) is 2.50. The second kappa shape index (κ2) is 10.9. The van der Waals surface area contributed by atoms with Gasteiger partial charge in [-0.05, 0) is 31.4 Å². The third-order valence-corrected chi connectivity index (χ3v) is 1.23. The molecule has 0 aliphatic rings. The van der Waals surface area contributed by atoms with Crippen LogP contribution in [0.15, 0.2) is 11.3 Å². The minimum absolute atomic E-state index is 0. The average Bonchev–Trinajstić information content (AvgIpc) is 2.63. The molecule has 1 rings (SSSR count). The van der Waals surface area contributed by atoms with Crippen molar-refractivity contribution in [1.29, 1.82) is 0 Å². The number of hydrogen-bond acceptors (Lipinski definition) is 2. The minimum Gasteiger partial charge on any atom is -0.459 e. The van der Waals surface area contributed by atoms with E-state index < -0.39 is 6.18 Å². The Hall–Kier alpha value is -0.0236. The van der Waals surface area contributed by atoms with Gasteiger partial charge in [-0.3, -0.25) is 0 Å². The molecule has 100 valence electrons. The van der Waals surface area contributed by atoms with Crippen molar-refractivity contribution in [1.82, 2.24) is 9.55 Å². The molecule has 0 unspecified atom stereocenters. The normalized spacial score (nSPS) is 10.4. The summed E-state index contributed by atoms with van der Waals surface area (Å²) in [4.78, 5) is 6.70. The summed E-state index contributed by atoms with van der Waals surface area (Å²) in [6.45, 7) is 3.81. The van der Waals surface area contributed by atoms with Crippen molar-refractivity contribution >= 4 is 5.84 Å². The van der Waals surface area contributed by atoms with E-state index in [2.05, 4.69) is 16.2 Å². The van der Waals surface area contributed by atoms with Crippen LogP contribution in [-0.2, 0) is 7.05 Å². The van der Waals surface area contributed by atoms with Crippen LogP contribution in [0.3, 0.4) is 0 Å². The average molecular weight is 288 g/mol. The Labute approximate surface area is 148 Å². The Morgan fingerprint density at radius 3 is 2.33 bits per heavy atom. The maximum Gasteiger partial charge on any atom is 1.00 e. The first-order chi connectivity index (χ1) is 7.38.